The van der Waals surface area contributed by atoms with Crippen molar-refractivity contribution in [2.24, 2.45) is 5.73 Å². The van der Waals surface area contributed by atoms with Crippen LogP contribution >= 0.6 is 35.1 Å². The summed E-state index contributed by atoms with van der Waals surface area (Å²) in [5, 5.41) is 13.7. The van der Waals surface area contributed by atoms with Gasteiger partial charge in [0.2, 0.25) is 0 Å². The molecule has 0 spiro atoms. The average molecular weight is 351 g/mol. The number of aromatic nitrogens is 1. The molecule has 0 aliphatic heterocycles. The van der Waals surface area contributed by atoms with E-state index in [2.05, 4.69) is 10.3 Å². The predicted molar refractivity (Wildman–Crippen MR) is 98.2 cm³/mol. The van der Waals surface area contributed by atoms with Gasteiger partial charge in [0, 0.05) is 21.5 Å². The van der Waals surface area contributed by atoms with E-state index in [9.17, 15) is 0 Å². The number of nitrogen functional groups attached to an aromatic ring is 1. The summed E-state index contributed by atoms with van der Waals surface area (Å²) in [4.78, 5) is 6.52. The number of benzene rings is 1. The number of hydrogen-bond acceptors (Lipinski definition) is 5. The van der Waals surface area contributed by atoms with Gasteiger partial charge in [-0.1, -0.05) is 18.2 Å². The molecule has 0 amide bonds. The molecule has 7 heteroatoms. The van der Waals surface area contributed by atoms with Crippen molar-refractivity contribution in [1.82, 2.24) is 4.98 Å². The maximum atomic E-state index is 7.52. The molecule has 0 fully saturated rings. The number of hydrogen-bond donors (Lipinski definition) is 3. The molecule has 2 heterocycles. The van der Waals surface area contributed by atoms with Crippen molar-refractivity contribution >= 4 is 51.7 Å². The van der Waals surface area contributed by atoms with Gasteiger partial charge in [0.25, 0.3) is 0 Å². The zero-order chi connectivity index (χ0) is 14.8. The van der Waals surface area contributed by atoms with Crippen LogP contribution in [0.2, 0.25) is 0 Å². The van der Waals surface area contributed by atoms with Crippen molar-refractivity contribution in [2.75, 3.05) is 5.32 Å². The first kappa shape index (κ1) is 16.5. The second kappa shape index (κ2) is 6.91. The summed E-state index contributed by atoms with van der Waals surface area (Å²) in [6.07, 6.45) is 0. The summed E-state index contributed by atoms with van der Waals surface area (Å²) in [5.41, 5.74) is 8.52. The molecule has 0 aliphatic rings. The summed E-state index contributed by atoms with van der Waals surface area (Å²) >= 11 is 3.09. The molecule has 0 radical (unpaired) electrons. The van der Waals surface area contributed by atoms with Gasteiger partial charge in [-0.05, 0) is 25.1 Å². The van der Waals surface area contributed by atoms with E-state index in [1.165, 1.54) is 11.3 Å². The zero-order valence-electron chi connectivity index (χ0n) is 11.8. The molecule has 3 rings (SSSR count). The van der Waals surface area contributed by atoms with Gasteiger partial charge >= 0.3 is 0 Å². The topological polar surface area (TPSA) is 74.8 Å². The lowest BCUT2D eigenvalue weighted by molar-refractivity contribution is 1.38. The number of para-hydroxylation sites is 1. The van der Waals surface area contributed by atoms with Crippen molar-refractivity contribution in [3.63, 3.8) is 0 Å². The van der Waals surface area contributed by atoms with Gasteiger partial charge in [-0.15, -0.1) is 35.1 Å². The number of nitrogens with zero attached hydrogens (tertiary/aromatic N) is 1. The van der Waals surface area contributed by atoms with E-state index >= 15 is 0 Å². The summed E-state index contributed by atoms with van der Waals surface area (Å²) in [6, 6.07) is 11.9. The number of amidine groups is 1. The molecular weight excluding hydrogens is 336 g/mol. The lowest BCUT2D eigenvalue weighted by atomic mass is 10.2. The van der Waals surface area contributed by atoms with E-state index in [1.54, 1.807) is 11.3 Å². The lowest BCUT2D eigenvalue weighted by Gasteiger charge is -2.00. The first-order valence-electron chi connectivity index (χ1n) is 6.36. The van der Waals surface area contributed by atoms with Crippen molar-refractivity contribution < 1.29 is 0 Å². The highest BCUT2D eigenvalue weighted by Crippen LogP contribution is 2.33. The molecule has 0 aliphatic carbocycles. The van der Waals surface area contributed by atoms with Crippen molar-refractivity contribution in [3.05, 3.63) is 51.5 Å². The Bertz CT molecular complexity index is 780. The van der Waals surface area contributed by atoms with Crippen LogP contribution in [0.25, 0.3) is 11.3 Å². The van der Waals surface area contributed by atoms with Gasteiger partial charge in [-0.2, -0.15) is 0 Å². The summed E-state index contributed by atoms with van der Waals surface area (Å²) in [7, 11) is 0. The van der Waals surface area contributed by atoms with Gasteiger partial charge in [0.1, 0.15) is 5.84 Å². The second-order valence-corrected chi connectivity index (χ2v) is 6.64. The fraction of sp³-hybridized carbons (Fsp3) is 0.0667. The molecule has 4 N–H and O–H groups in total. The Morgan fingerprint density at radius 3 is 2.64 bits per heavy atom. The minimum Gasteiger partial charge on any atom is -0.383 e. The van der Waals surface area contributed by atoms with Crippen LogP contribution in [0.3, 0.4) is 0 Å². The van der Waals surface area contributed by atoms with Crippen LogP contribution < -0.4 is 11.1 Å². The number of thiophene rings is 1. The van der Waals surface area contributed by atoms with Gasteiger partial charge in [-0.25, -0.2) is 4.98 Å². The number of anilines is 2. The molecule has 0 unspecified atom stereocenters. The molecule has 0 saturated carbocycles. The maximum absolute atomic E-state index is 7.52. The van der Waals surface area contributed by atoms with Crippen molar-refractivity contribution in [1.29, 1.82) is 5.41 Å². The van der Waals surface area contributed by atoms with Crippen LogP contribution in [-0.4, -0.2) is 10.8 Å². The molecule has 1 aromatic carbocycles. The third kappa shape index (κ3) is 3.47. The average Bonchev–Trinajstić information content (AvgIpc) is 3.06. The smallest absolute Gasteiger partial charge is 0.187 e. The van der Waals surface area contributed by atoms with Crippen LogP contribution in [-0.2, 0) is 0 Å². The standard InChI is InChI=1S/C15H14N4S2.ClH/c1-9-11(7-13(21-9)14(16)17)12-8-20-15(19-12)18-10-5-3-2-4-6-10;/h2-8H,1H3,(H3,16,17)(H,18,19);1H. The fourth-order valence-electron chi connectivity index (χ4n) is 1.97. The third-order valence-electron chi connectivity index (χ3n) is 2.99. The highest BCUT2D eigenvalue weighted by atomic mass is 35.5. The molecule has 0 bridgehead atoms. The summed E-state index contributed by atoms with van der Waals surface area (Å²) < 4.78 is 0. The second-order valence-electron chi connectivity index (χ2n) is 4.52. The maximum Gasteiger partial charge on any atom is 0.187 e. The fourth-order valence-corrected chi connectivity index (χ4v) is 3.59. The molecule has 4 nitrogen and oxygen atoms in total. The number of rotatable bonds is 4. The number of aryl methyl sites for hydroxylation is 1. The monoisotopic (exact) mass is 350 g/mol. The first-order valence-corrected chi connectivity index (χ1v) is 8.06. The van der Waals surface area contributed by atoms with E-state index in [4.69, 9.17) is 11.1 Å². The van der Waals surface area contributed by atoms with Gasteiger partial charge in [-0.3, -0.25) is 5.41 Å². The Labute approximate surface area is 143 Å². The summed E-state index contributed by atoms with van der Waals surface area (Å²) in [6.45, 7) is 2.02. The number of halogens is 1. The van der Waals surface area contributed by atoms with Crippen LogP contribution in [0, 0.1) is 12.3 Å². The highest BCUT2D eigenvalue weighted by molar-refractivity contribution is 7.15. The quantitative estimate of drug-likeness (QED) is 0.474. The Morgan fingerprint density at radius 1 is 1.27 bits per heavy atom. The van der Waals surface area contributed by atoms with E-state index in [-0.39, 0.29) is 18.2 Å². The molecule has 3 aromatic rings. The van der Waals surface area contributed by atoms with Gasteiger partial charge < -0.3 is 11.1 Å². The van der Waals surface area contributed by atoms with E-state index in [0.29, 0.717) is 0 Å². The van der Waals surface area contributed by atoms with Crippen molar-refractivity contribution in [2.45, 2.75) is 6.92 Å². The van der Waals surface area contributed by atoms with E-state index in [1.807, 2.05) is 48.7 Å². The summed E-state index contributed by atoms with van der Waals surface area (Å²) in [5.74, 6) is 0.104. The Balaban J connectivity index is 0.00000176. The van der Waals surface area contributed by atoms with Crippen LogP contribution in [0.15, 0.2) is 41.8 Å². The first-order chi connectivity index (χ1) is 10.1. The molecule has 0 saturated heterocycles. The van der Waals surface area contributed by atoms with E-state index < -0.39 is 0 Å². The molecule has 2 aromatic heterocycles. The zero-order valence-corrected chi connectivity index (χ0v) is 14.2. The number of thiazole rings is 1. The number of nitrogens with one attached hydrogen (secondary N) is 2. The molecule has 0 atom stereocenters. The SMILES string of the molecule is Cc1sc(C(=N)N)cc1-c1csc(Nc2ccccc2)n1.Cl. The lowest BCUT2D eigenvalue weighted by Crippen LogP contribution is -2.08. The van der Waals surface area contributed by atoms with Crippen LogP contribution in [0.5, 0.6) is 0 Å². The molecular formula is C15H15ClN4S2. The Morgan fingerprint density at radius 2 is 2.00 bits per heavy atom. The Hall–Kier alpha value is -1.89. The van der Waals surface area contributed by atoms with E-state index in [0.717, 1.165) is 31.8 Å². The normalized spacial score (nSPS) is 10.0. The molecule has 114 valence electrons. The van der Waals surface area contributed by atoms with Crippen LogP contribution in [0.1, 0.15) is 9.75 Å². The highest BCUT2D eigenvalue weighted by Gasteiger charge is 2.12. The minimum absolute atomic E-state index is 0. The van der Waals surface area contributed by atoms with Crippen molar-refractivity contribution in [3.8, 4) is 11.3 Å². The predicted octanol–water partition coefficient (Wildman–Crippen LogP) is 4.63. The Kier molecular flexibility index (Phi) is 5.18. The minimum atomic E-state index is 0. The third-order valence-corrected chi connectivity index (χ3v) is 4.83. The number of nitrogens with two attached hydrogens (primary N) is 1. The van der Waals surface area contributed by atoms with Gasteiger partial charge in [0.15, 0.2) is 5.13 Å². The van der Waals surface area contributed by atoms with Crippen LogP contribution in [0.4, 0.5) is 10.8 Å². The molecule has 22 heavy (non-hydrogen) atoms. The van der Waals surface area contributed by atoms with Gasteiger partial charge in [0.05, 0.1) is 10.6 Å². The largest absolute Gasteiger partial charge is 0.383 e.